The SMILES string of the molecule is COc1ccc(OC)c(CC(CN)S(=O)(=O)c2ccccc2)c1. The molecule has 0 amide bonds. The Labute approximate surface area is 137 Å². The fourth-order valence-corrected chi connectivity index (χ4v) is 3.98. The molecule has 0 radical (unpaired) electrons. The summed E-state index contributed by atoms with van der Waals surface area (Å²) >= 11 is 0. The number of sulfone groups is 1. The topological polar surface area (TPSA) is 78.6 Å². The van der Waals surface area contributed by atoms with E-state index in [9.17, 15) is 8.42 Å². The van der Waals surface area contributed by atoms with E-state index in [0.29, 0.717) is 11.5 Å². The fourth-order valence-electron chi connectivity index (χ4n) is 2.41. The minimum absolute atomic E-state index is 0.0254. The molecule has 0 fully saturated rings. The maximum atomic E-state index is 12.8. The van der Waals surface area contributed by atoms with Gasteiger partial charge >= 0.3 is 0 Å². The van der Waals surface area contributed by atoms with Gasteiger partial charge in [0.25, 0.3) is 0 Å². The summed E-state index contributed by atoms with van der Waals surface area (Å²) in [7, 11) is -0.403. The summed E-state index contributed by atoms with van der Waals surface area (Å²) in [6, 6.07) is 13.7. The third-order valence-electron chi connectivity index (χ3n) is 3.71. The highest BCUT2D eigenvalue weighted by atomic mass is 32.2. The molecule has 0 bridgehead atoms. The Morgan fingerprint density at radius 3 is 2.30 bits per heavy atom. The van der Waals surface area contributed by atoms with Crippen molar-refractivity contribution in [3.8, 4) is 11.5 Å². The van der Waals surface area contributed by atoms with E-state index in [-0.39, 0.29) is 17.9 Å². The van der Waals surface area contributed by atoms with Crippen LogP contribution in [0.3, 0.4) is 0 Å². The molecule has 0 heterocycles. The van der Waals surface area contributed by atoms with Gasteiger partial charge in [0.1, 0.15) is 11.5 Å². The highest BCUT2D eigenvalue weighted by Crippen LogP contribution is 2.27. The van der Waals surface area contributed by atoms with Gasteiger partial charge in [-0.2, -0.15) is 0 Å². The zero-order chi connectivity index (χ0) is 16.9. The van der Waals surface area contributed by atoms with Crippen LogP contribution in [0.25, 0.3) is 0 Å². The van der Waals surface area contributed by atoms with E-state index in [1.54, 1.807) is 62.8 Å². The molecule has 23 heavy (non-hydrogen) atoms. The lowest BCUT2D eigenvalue weighted by Crippen LogP contribution is -2.32. The van der Waals surface area contributed by atoms with Crippen molar-refractivity contribution in [3.05, 3.63) is 54.1 Å². The molecule has 5 nitrogen and oxygen atoms in total. The van der Waals surface area contributed by atoms with Gasteiger partial charge in [0.2, 0.25) is 0 Å². The van der Waals surface area contributed by atoms with Crippen molar-refractivity contribution in [1.29, 1.82) is 0 Å². The fraction of sp³-hybridized carbons (Fsp3) is 0.294. The van der Waals surface area contributed by atoms with Gasteiger partial charge in [-0.1, -0.05) is 18.2 Å². The second-order valence-corrected chi connectivity index (χ2v) is 7.33. The van der Waals surface area contributed by atoms with E-state index in [1.165, 1.54) is 0 Å². The van der Waals surface area contributed by atoms with Gasteiger partial charge in [-0.15, -0.1) is 0 Å². The molecule has 2 rings (SSSR count). The van der Waals surface area contributed by atoms with Gasteiger partial charge in [0, 0.05) is 6.54 Å². The lowest BCUT2D eigenvalue weighted by atomic mass is 10.1. The summed E-state index contributed by atoms with van der Waals surface area (Å²) in [6.45, 7) is 0.0254. The molecule has 1 unspecified atom stereocenters. The molecule has 0 aromatic heterocycles. The smallest absolute Gasteiger partial charge is 0.182 e. The van der Waals surface area contributed by atoms with Gasteiger partial charge in [-0.3, -0.25) is 0 Å². The third-order valence-corrected chi connectivity index (χ3v) is 5.87. The van der Waals surface area contributed by atoms with Crippen LogP contribution in [-0.4, -0.2) is 34.4 Å². The van der Waals surface area contributed by atoms with Crippen molar-refractivity contribution in [3.63, 3.8) is 0 Å². The summed E-state index contributed by atoms with van der Waals surface area (Å²) in [5, 5.41) is -0.731. The molecular weight excluding hydrogens is 314 g/mol. The Kier molecular flexibility index (Phi) is 5.63. The maximum Gasteiger partial charge on any atom is 0.182 e. The number of nitrogens with two attached hydrogens (primary N) is 1. The zero-order valence-electron chi connectivity index (χ0n) is 13.2. The normalized spacial score (nSPS) is 12.7. The predicted octanol–water partition coefficient (Wildman–Crippen LogP) is 2.05. The largest absolute Gasteiger partial charge is 0.497 e. The van der Waals surface area contributed by atoms with Crippen LogP contribution in [0.5, 0.6) is 11.5 Å². The minimum Gasteiger partial charge on any atom is -0.497 e. The number of methoxy groups -OCH3 is 2. The van der Waals surface area contributed by atoms with E-state index in [1.807, 2.05) is 0 Å². The second kappa shape index (κ2) is 7.48. The van der Waals surface area contributed by atoms with Crippen molar-refractivity contribution in [2.75, 3.05) is 20.8 Å². The first kappa shape index (κ1) is 17.3. The van der Waals surface area contributed by atoms with Crippen LogP contribution in [0, 0.1) is 0 Å². The van der Waals surface area contributed by atoms with Crippen LogP contribution in [-0.2, 0) is 16.3 Å². The average molecular weight is 335 g/mol. The monoisotopic (exact) mass is 335 g/mol. The number of rotatable bonds is 7. The highest BCUT2D eigenvalue weighted by molar-refractivity contribution is 7.92. The van der Waals surface area contributed by atoms with E-state index in [0.717, 1.165) is 5.56 Å². The van der Waals surface area contributed by atoms with Gasteiger partial charge in [0.15, 0.2) is 9.84 Å². The number of hydrogen-bond acceptors (Lipinski definition) is 5. The molecule has 124 valence electrons. The molecule has 0 aliphatic rings. The summed E-state index contributed by atoms with van der Waals surface area (Å²) < 4.78 is 36.1. The molecule has 0 aliphatic heterocycles. The lowest BCUT2D eigenvalue weighted by Gasteiger charge is -2.18. The van der Waals surface area contributed by atoms with E-state index >= 15 is 0 Å². The third kappa shape index (κ3) is 3.83. The van der Waals surface area contributed by atoms with Crippen LogP contribution < -0.4 is 15.2 Å². The van der Waals surface area contributed by atoms with Crippen LogP contribution in [0.1, 0.15) is 5.56 Å². The summed E-state index contributed by atoms with van der Waals surface area (Å²) in [5.41, 5.74) is 6.51. The summed E-state index contributed by atoms with van der Waals surface area (Å²) in [5.74, 6) is 1.26. The zero-order valence-corrected chi connectivity index (χ0v) is 14.0. The molecule has 0 saturated carbocycles. The Balaban J connectivity index is 2.37. The van der Waals surface area contributed by atoms with Gasteiger partial charge in [-0.05, 0) is 42.3 Å². The first-order chi connectivity index (χ1) is 11.0. The lowest BCUT2D eigenvalue weighted by molar-refractivity contribution is 0.398. The molecule has 0 spiro atoms. The molecule has 2 aromatic carbocycles. The van der Waals surface area contributed by atoms with Gasteiger partial charge < -0.3 is 15.2 Å². The Bertz CT molecular complexity index is 744. The molecule has 0 aliphatic carbocycles. The van der Waals surface area contributed by atoms with Gasteiger partial charge in [-0.25, -0.2) is 8.42 Å². The first-order valence-electron chi connectivity index (χ1n) is 7.22. The van der Waals surface area contributed by atoms with Gasteiger partial charge in [0.05, 0.1) is 24.4 Å². The summed E-state index contributed by atoms with van der Waals surface area (Å²) in [4.78, 5) is 0.275. The van der Waals surface area contributed by atoms with Crippen LogP contribution in [0.15, 0.2) is 53.4 Å². The molecule has 0 saturated heterocycles. The average Bonchev–Trinajstić information content (AvgIpc) is 2.59. The second-order valence-electron chi connectivity index (χ2n) is 5.10. The van der Waals surface area contributed by atoms with Crippen LogP contribution in [0.2, 0.25) is 0 Å². The van der Waals surface area contributed by atoms with E-state index in [4.69, 9.17) is 15.2 Å². The molecule has 1 atom stereocenters. The van der Waals surface area contributed by atoms with Crippen molar-refractivity contribution >= 4 is 9.84 Å². The van der Waals surface area contributed by atoms with E-state index < -0.39 is 15.1 Å². The van der Waals surface area contributed by atoms with Crippen LogP contribution >= 0.6 is 0 Å². The number of ether oxygens (including phenoxy) is 2. The Morgan fingerprint density at radius 2 is 1.74 bits per heavy atom. The van der Waals surface area contributed by atoms with Crippen molar-refractivity contribution < 1.29 is 17.9 Å². The molecule has 6 heteroatoms. The number of benzene rings is 2. The standard InChI is InChI=1S/C17H21NO4S/c1-21-14-8-9-17(22-2)13(10-14)11-16(12-18)23(19,20)15-6-4-3-5-7-15/h3-10,16H,11-12,18H2,1-2H3. The molecule has 2 aromatic rings. The quantitative estimate of drug-likeness (QED) is 0.838. The maximum absolute atomic E-state index is 12.8. The van der Waals surface area contributed by atoms with Crippen molar-refractivity contribution in [2.45, 2.75) is 16.6 Å². The Morgan fingerprint density at radius 1 is 1.04 bits per heavy atom. The van der Waals surface area contributed by atoms with Crippen molar-refractivity contribution in [1.82, 2.24) is 0 Å². The summed E-state index contributed by atoms with van der Waals surface area (Å²) in [6.07, 6.45) is 0.258. The molecule has 2 N–H and O–H groups in total. The molecular formula is C17H21NO4S. The first-order valence-corrected chi connectivity index (χ1v) is 8.77. The van der Waals surface area contributed by atoms with Crippen molar-refractivity contribution in [2.24, 2.45) is 5.73 Å². The Hall–Kier alpha value is -2.05. The van der Waals surface area contributed by atoms with E-state index in [2.05, 4.69) is 0 Å². The predicted molar refractivity (Wildman–Crippen MR) is 89.7 cm³/mol. The minimum atomic E-state index is -3.52. The highest BCUT2D eigenvalue weighted by Gasteiger charge is 2.27. The van der Waals surface area contributed by atoms with Crippen LogP contribution in [0.4, 0.5) is 0 Å². The number of hydrogen-bond donors (Lipinski definition) is 1.